The Balaban J connectivity index is 1.28. The standard InChI is InChI=1S/C29H22Cl2N2O5/c1-16-13-18(7-10-22(16)30)24-3-2-4-27(32-24)33-28(34)17-5-8-19(9-6-17)38-26-15-25-21(14-23(26)31)20(29(35)36)11-12-37-25/h2-10,13-15,20H,11-12H2,1H3,(H,35,36)(H,32,33,34). The number of carboxylic acids is 1. The largest absolute Gasteiger partial charge is 0.493 e. The molecule has 0 radical (unpaired) electrons. The van der Waals surface area contributed by atoms with Gasteiger partial charge in [-0.05, 0) is 73.5 Å². The number of nitrogens with one attached hydrogen (secondary N) is 1. The van der Waals surface area contributed by atoms with Gasteiger partial charge in [0.1, 0.15) is 23.1 Å². The van der Waals surface area contributed by atoms with Crippen LogP contribution >= 0.6 is 23.2 Å². The number of rotatable bonds is 6. The van der Waals surface area contributed by atoms with Crippen LogP contribution in [0.2, 0.25) is 10.0 Å². The molecule has 0 spiro atoms. The van der Waals surface area contributed by atoms with Gasteiger partial charge in [-0.25, -0.2) is 4.98 Å². The summed E-state index contributed by atoms with van der Waals surface area (Å²) in [6, 6.07) is 20.8. The molecular weight excluding hydrogens is 527 g/mol. The summed E-state index contributed by atoms with van der Waals surface area (Å²) in [6.07, 6.45) is 0.378. The normalized spacial score (nSPS) is 14.2. The highest BCUT2D eigenvalue weighted by atomic mass is 35.5. The highest BCUT2D eigenvalue weighted by Gasteiger charge is 2.29. The number of nitrogens with zero attached hydrogens (tertiary/aromatic N) is 1. The van der Waals surface area contributed by atoms with Crippen LogP contribution < -0.4 is 14.8 Å². The third-order valence-corrected chi connectivity index (χ3v) is 6.91. The molecule has 0 saturated carbocycles. The minimum atomic E-state index is -0.921. The molecule has 9 heteroatoms. The molecule has 192 valence electrons. The van der Waals surface area contributed by atoms with E-state index in [-0.39, 0.29) is 10.9 Å². The Hall–Kier alpha value is -4.07. The second-order valence-electron chi connectivity index (χ2n) is 8.80. The lowest BCUT2D eigenvalue weighted by Gasteiger charge is -2.24. The summed E-state index contributed by atoms with van der Waals surface area (Å²) >= 11 is 12.5. The van der Waals surface area contributed by atoms with Gasteiger partial charge in [-0.2, -0.15) is 0 Å². The van der Waals surface area contributed by atoms with Crippen LogP contribution in [0.25, 0.3) is 11.3 Å². The summed E-state index contributed by atoms with van der Waals surface area (Å²) in [6.45, 7) is 2.22. The lowest BCUT2D eigenvalue weighted by molar-refractivity contribution is -0.139. The van der Waals surface area contributed by atoms with Gasteiger partial charge in [0.05, 0.1) is 23.2 Å². The van der Waals surface area contributed by atoms with Gasteiger partial charge < -0.3 is 19.9 Å². The SMILES string of the molecule is Cc1cc(-c2cccc(NC(=O)c3ccc(Oc4cc5c(cc4Cl)C(C(=O)O)CCO5)cc3)n2)ccc1Cl. The number of hydrogen-bond acceptors (Lipinski definition) is 5. The van der Waals surface area contributed by atoms with E-state index in [2.05, 4.69) is 10.3 Å². The molecule has 0 bridgehead atoms. The Morgan fingerprint density at radius 1 is 1.03 bits per heavy atom. The maximum absolute atomic E-state index is 12.8. The number of pyridine rings is 1. The first-order valence-electron chi connectivity index (χ1n) is 11.8. The molecule has 7 nitrogen and oxygen atoms in total. The van der Waals surface area contributed by atoms with Crippen LogP contribution in [0.1, 0.15) is 33.8 Å². The fraction of sp³-hybridized carbons (Fsp3) is 0.138. The lowest BCUT2D eigenvalue weighted by Crippen LogP contribution is -2.20. The smallest absolute Gasteiger partial charge is 0.311 e. The average molecular weight is 549 g/mol. The molecule has 38 heavy (non-hydrogen) atoms. The molecule has 1 amide bonds. The predicted octanol–water partition coefficient (Wildman–Crippen LogP) is 7.36. The molecular formula is C29H22Cl2N2O5. The minimum Gasteiger partial charge on any atom is -0.493 e. The number of fused-ring (bicyclic) bond motifs is 1. The molecule has 0 saturated heterocycles. The van der Waals surface area contributed by atoms with Gasteiger partial charge in [0, 0.05) is 27.8 Å². The number of carbonyl (C=O) groups is 2. The van der Waals surface area contributed by atoms with E-state index >= 15 is 0 Å². The monoisotopic (exact) mass is 548 g/mol. The van der Waals surface area contributed by atoms with E-state index < -0.39 is 11.9 Å². The number of amides is 1. The van der Waals surface area contributed by atoms with Crippen molar-refractivity contribution >= 4 is 40.9 Å². The first kappa shape index (κ1) is 25.6. The van der Waals surface area contributed by atoms with Crippen LogP contribution in [0, 0.1) is 6.92 Å². The van der Waals surface area contributed by atoms with Crippen LogP contribution in [0.4, 0.5) is 5.82 Å². The molecule has 4 aromatic rings. The summed E-state index contributed by atoms with van der Waals surface area (Å²) in [5.74, 6) is -0.292. The van der Waals surface area contributed by atoms with Gasteiger partial charge in [0.25, 0.3) is 5.91 Å². The number of aliphatic carboxylic acids is 1. The Bertz CT molecular complexity index is 1540. The number of carboxylic acid groups (broad SMARTS) is 1. The molecule has 1 aliphatic rings. The van der Waals surface area contributed by atoms with Crippen molar-refractivity contribution in [2.24, 2.45) is 0 Å². The van der Waals surface area contributed by atoms with Crippen LogP contribution in [0.15, 0.2) is 72.8 Å². The Morgan fingerprint density at radius 2 is 1.82 bits per heavy atom. The summed E-state index contributed by atoms with van der Waals surface area (Å²) in [4.78, 5) is 28.9. The summed E-state index contributed by atoms with van der Waals surface area (Å²) in [5, 5.41) is 13.2. The van der Waals surface area contributed by atoms with Crippen molar-refractivity contribution in [1.82, 2.24) is 4.98 Å². The molecule has 0 aliphatic carbocycles. The first-order chi connectivity index (χ1) is 18.3. The van der Waals surface area contributed by atoms with E-state index in [4.69, 9.17) is 32.7 Å². The van der Waals surface area contributed by atoms with Crippen molar-refractivity contribution in [3.05, 3.63) is 99.5 Å². The quantitative estimate of drug-likeness (QED) is 0.261. The molecule has 5 rings (SSSR count). The molecule has 3 aromatic carbocycles. The summed E-state index contributed by atoms with van der Waals surface area (Å²) in [5.41, 5.74) is 3.49. The minimum absolute atomic E-state index is 0.268. The Morgan fingerprint density at radius 3 is 2.55 bits per heavy atom. The number of halogens is 2. The second kappa shape index (κ2) is 10.7. The topological polar surface area (TPSA) is 97.8 Å². The number of hydrogen-bond donors (Lipinski definition) is 2. The lowest BCUT2D eigenvalue weighted by atomic mass is 9.93. The highest BCUT2D eigenvalue weighted by molar-refractivity contribution is 6.32. The van der Waals surface area contributed by atoms with Crippen LogP contribution in [-0.2, 0) is 4.79 Å². The highest BCUT2D eigenvalue weighted by Crippen LogP contribution is 2.41. The fourth-order valence-electron chi connectivity index (χ4n) is 4.18. The van der Waals surface area contributed by atoms with E-state index in [0.29, 0.717) is 57.9 Å². The van der Waals surface area contributed by atoms with Gasteiger partial charge in [0.15, 0.2) is 0 Å². The molecule has 2 heterocycles. The number of carbonyl (C=O) groups excluding carboxylic acids is 1. The summed E-state index contributed by atoms with van der Waals surface area (Å²) < 4.78 is 11.5. The van der Waals surface area contributed by atoms with E-state index in [1.54, 1.807) is 42.5 Å². The first-order valence-corrected chi connectivity index (χ1v) is 12.6. The Kier molecular flexibility index (Phi) is 7.22. The van der Waals surface area contributed by atoms with E-state index in [1.165, 1.54) is 0 Å². The number of anilines is 1. The van der Waals surface area contributed by atoms with Crippen LogP contribution in [0.5, 0.6) is 17.2 Å². The van der Waals surface area contributed by atoms with Crippen LogP contribution in [-0.4, -0.2) is 28.6 Å². The maximum atomic E-state index is 12.8. The van der Waals surface area contributed by atoms with Crippen molar-refractivity contribution in [2.45, 2.75) is 19.3 Å². The summed E-state index contributed by atoms with van der Waals surface area (Å²) in [7, 11) is 0. The van der Waals surface area contributed by atoms with Crippen molar-refractivity contribution in [2.75, 3.05) is 11.9 Å². The maximum Gasteiger partial charge on any atom is 0.311 e. The van der Waals surface area contributed by atoms with Gasteiger partial charge in [-0.1, -0.05) is 35.3 Å². The number of aryl methyl sites for hydroxylation is 1. The third-order valence-electron chi connectivity index (χ3n) is 6.19. The van der Waals surface area contributed by atoms with Crippen molar-refractivity contribution in [1.29, 1.82) is 0 Å². The van der Waals surface area contributed by atoms with E-state index in [0.717, 1.165) is 11.1 Å². The molecule has 1 atom stereocenters. The molecule has 1 aromatic heterocycles. The van der Waals surface area contributed by atoms with Crippen LogP contribution in [0.3, 0.4) is 0 Å². The number of benzene rings is 3. The zero-order valence-corrected chi connectivity index (χ0v) is 21.7. The second-order valence-corrected chi connectivity index (χ2v) is 9.62. The molecule has 2 N–H and O–H groups in total. The van der Waals surface area contributed by atoms with Crippen molar-refractivity contribution < 1.29 is 24.2 Å². The molecule has 0 fully saturated rings. The van der Waals surface area contributed by atoms with Gasteiger partial charge >= 0.3 is 5.97 Å². The van der Waals surface area contributed by atoms with Gasteiger partial charge in [0.2, 0.25) is 0 Å². The van der Waals surface area contributed by atoms with Crippen molar-refractivity contribution in [3.8, 4) is 28.5 Å². The van der Waals surface area contributed by atoms with Gasteiger partial charge in [-0.3, -0.25) is 9.59 Å². The van der Waals surface area contributed by atoms with Crippen molar-refractivity contribution in [3.63, 3.8) is 0 Å². The van der Waals surface area contributed by atoms with Gasteiger partial charge in [-0.15, -0.1) is 0 Å². The van der Waals surface area contributed by atoms with E-state index in [9.17, 15) is 14.7 Å². The Labute approximate surface area is 229 Å². The predicted molar refractivity (Wildman–Crippen MR) is 146 cm³/mol. The van der Waals surface area contributed by atoms with E-state index in [1.807, 2.05) is 37.3 Å². The molecule has 1 aliphatic heterocycles. The molecule has 1 unspecified atom stereocenters. The zero-order chi connectivity index (χ0) is 26.8. The zero-order valence-electron chi connectivity index (χ0n) is 20.2. The average Bonchev–Trinajstić information content (AvgIpc) is 2.91. The third kappa shape index (κ3) is 5.44. The fourth-order valence-corrected chi connectivity index (χ4v) is 4.51. The number of aromatic nitrogens is 1. The number of ether oxygens (including phenoxy) is 2.